The van der Waals surface area contributed by atoms with Gasteiger partial charge >= 0.3 is 12.3 Å². The van der Waals surface area contributed by atoms with Crippen LogP contribution in [0.1, 0.15) is 30.0 Å². The van der Waals surface area contributed by atoms with E-state index in [0.29, 0.717) is 43.8 Å². The van der Waals surface area contributed by atoms with E-state index in [2.05, 4.69) is 15.3 Å². The Bertz CT molecular complexity index is 926. The van der Waals surface area contributed by atoms with Gasteiger partial charge in [-0.2, -0.15) is 13.2 Å². The molecule has 3 heterocycles. The lowest BCUT2D eigenvalue weighted by Crippen LogP contribution is -2.48. The molecule has 10 heteroatoms. The van der Waals surface area contributed by atoms with E-state index in [1.54, 1.807) is 17.0 Å². The molecule has 7 nitrogen and oxygen atoms in total. The molecule has 0 unspecified atom stereocenters. The summed E-state index contributed by atoms with van der Waals surface area (Å²) in [5.74, 6) is 0.264. The maximum absolute atomic E-state index is 12.6. The highest BCUT2D eigenvalue weighted by molar-refractivity contribution is 5.77. The molecule has 0 saturated carbocycles. The molecule has 0 spiro atoms. The quantitative estimate of drug-likeness (QED) is 0.804. The zero-order valence-electron chi connectivity index (χ0n) is 15.9. The Balaban J connectivity index is 1.28. The van der Waals surface area contributed by atoms with Crippen LogP contribution < -0.4 is 5.32 Å². The Kier molecular flexibility index (Phi) is 5.31. The van der Waals surface area contributed by atoms with Crippen molar-refractivity contribution in [3.63, 3.8) is 0 Å². The summed E-state index contributed by atoms with van der Waals surface area (Å²) in [6.07, 6.45) is -2.22. The summed E-state index contributed by atoms with van der Waals surface area (Å²) in [4.78, 5) is 32.3. The normalized spacial score (nSPS) is 19.2. The molecule has 2 saturated heterocycles. The second kappa shape index (κ2) is 7.92. The summed E-state index contributed by atoms with van der Waals surface area (Å²) in [6.45, 7) is 1.53. The third-order valence-electron chi connectivity index (χ3n) is 5.30. The average molecular weight is 420 g/mol. The number of aromatic nitrogens is 2. The number of halogens is 3. The van der Waals surface area contributed by atoms with E-state index in [1.165, 1.54) is 0 Å². The standard InChI is InChI=1S/C20H19F3N4O3/c21-20(22,23)17-8-24-16(7-25-17)13-3-1-12(2-4-13)14-9-27(10-14)18(28)6-5-15-11-30-19(29)26-15/h1-4,7-8,14-15H,5-6,9-11H2,(H,26,29)/t15-/m1/s1. The van der Waals surface area contributed by atoms with E-state index < -0.39 is 18.0 Å². The zero-order valence-corrected chi connectivity index (χ0v) is 15.9. The Morgan fingerprint density at radius 1 is 1.17 bits per heavy atom. The van der Waals surface area contributed by atoms with Crippen molar-refractivity contribution in [1.82, 2.24) is 20.2 Å². The third kappa shape index (κ3) is 4.37. The second-order valence-electron chi connectivity index (χ2n) is 7.38. The molecule has 2 amide bonds. The van der Waals surface area contributed by atoms with Gasteiger partial charge in [0.25, 0.3) is 0 Å². The van der Waals surface area contributed by atoms with Gasteiger partial charge in [0.2, 0.25) is 5.91 Å². The molecule has 0 bridgehead atoms. The fraction of sp³-hybridized carbons (Fsp3) is 0.400. The van der Waals surface area contributed by atoms with Crippen molar-refractivity contribution in [2.75, 3.05) is 19.7 Å². The van der Waals surface area contributed by atoms with Crippen molar-refractivity contribution in [2.45, 2.75) is 31.0 Å². The summed E-state index contributed by atoms with van der Waals surface area (Å²) in [5.41, 5.74) is 1.07. The second-order valence-corrected chi connectivity index (χ2v) is 7.38. The number of carbonyl (C=O) groups is 2. The van der Waals surface area contributed by atoms with Gasteiger partial charge in [-0.05, 0) is 12.0 Å². The van der Waals surface area contributed by atoms with Gasteiger partial charge in [0.05, 0.1) is 24.1 Å². The van der Waals surface area contributed by atoms with Crippen LogP contribution in [0.25, 0.3) is 11.3 Å². The number of alkyl halides is 3. The molecule has 0 aliphatic carbocycles. The molecule has 2 aliphatic rings. The number of cyclic esters (lactones) is 1. The number of hydrogen-bond donors (Lipinski definition) is 1. The Labute approximate surface area is 170 Å². The highest BCUT2D eigenvalue weighted by Crippen LogP contribution is 2.30. The Morgan fingerprint density at radius 3 is 2.47 bits per heavy atom. The van der Waals surface area contributed by atoms with Gasteiger partial charge in [-0.1, -0.05) is 24.3 Å². The minimum absolute atomic E-state index is 0.0454. The van der Waals surface area contributed by atoms with E-state index in [0.717, 1.165) is 18.0 Å². The van der Waals surface area contributed by atoms with Crippen LogP contribution in [0.3, 0.4) is 0 Å². The first-order valence-corrected chi connectivity index (χ1v) is 9.50. The number of alkyl carbamates (subject to hydrolysis) is 1. The number of ether oxygens (including phenoxy) is 1. The molecule has 1 aromatic carbocycles. The smallest absolute Gasteiger partial charge is 0.434 e. The molecule has 2 fully saturated rings. The Hall–Kier alpha value is -3.17. The predicted molar refractivity (Wildman–Crippen MR) is 99.3 cm³/mol. The predicted octanol–water partition coefficient (Wildman–Crippen LogP) is 2.98. The highest BCUT2D eigenvalue weighted by atomic mass is 19.4. The number of amides is 2. The average Bonchev–Trinajstić information content (AvgIpc) is 3.10. The molecule has 1 atom stereocenters. The fourth-order valence-electron chi connectivity index (χ4n) is 3.48. The summed E-state index contributed by atoms with van der Waals surface area (Å²) >= 11 is 0. The Morgan fingerprint density at radius 2 is 1.90 bits per heavy atom. The number of hydrogen-bond acceptors (Lipinski definition) is 5. The number of nitrogens with zero attached hydrogens (tertiary/aromatic N) is 3. The van der Waals surface area contributed by atoms with Crippen LogP contribution in [0.2, 0.25) is 0 Å². The van der Waals surface area contributed by atoms with Crippen LogP contribution in [0.5, 0.6) is 0 Å². The number of nitrogens with one attached hydrogen (secondary N) is 1. The largest absolute Gasteiger partial charge is 0.447 e. The molecule has 30 heavy (non-hydrogen) atoms. The molecule has 4 rings (SSSR count). The van der Waals surface area contributed by atoms with Crippen LogP contribution in [-0.4, -0.2) is 52.6 Å². The van der Waals surface area contributed by atoms with Gasteiger partial charge in [-0.25, -0.2) is 9.78 Å². The van der Waals surface area contributed by atoms with Crippen LogP contribution in [0.15, 0.2) is 36.7 Å². The van der Waals surface area contributed by atoms with Crippen molar-refractivity contribution < 1.29 is 27.5 Å². The van der Waals surface area contributed by atoms with E-state index >= 15 is 0 Å². The van der Waals surface area contributed by atoms with Gasteiger partial charge in [-0.15, -0.1) is 0 Å². The SMILES string of the molecule is O=C1N[C@H](CCC(=O)N2CC(c3ccc(-c4cnc(C(F)(F)F)cn4)cc3)C2)CO1. The molecule has 158 valence electrons. The van der Waals surface area contributed by atoms with Gasteiger partial charge in [0.1, 0.15) is 6.61 Å². The molecular formula is C20H19F3N4O3. The topological polar surface area (TPSA) is 84.4 Å². The van der Waals surface area contributed by atoms with Gasteiger partial charge in [-0.3, -0.25) is 9.78 Å². The first-order chi connectivity index (χ1) is 14.3. The van der Waals surface area contributed by atoms with Crippen molar-refractivity contribution in [3.8, 4) is 11.3 Å². The van der Waals surface area contributed by atoms with Crippen molar-refractivity contribution >= 4 is 12.0 Å². The van der Waals surface area contributed by atoms with E-state index in [9.17, 15) is 22.8 Å². The van der Waals surface area contributed by atoms with Crippen LogP contribution >= 0.6 is 0 Å². The third-order valence-corrected chi connectivity index (χ3v) is 5.30. The fourth-order valence-corrected chi connectivity index (χ4v) is 3.48. The lowest BCUT2D eigenvalue weighted by atomic mass is 9.90. The van der Waals surface area contributed by atoms with Crippen molar-refractivity contribution in [3.05, 3.63) is 47.9 Å². The van der Waals surface area contributed by atoms with E-state index in [4.69, 9.17) is 4.74 Å². The van der Waals surface area contributed by atoms with E-state index in [-0.39, 0.29) is 17.9 Å². The minimum Gasteiger partial charge on any atom is -0.447 e. The molecule has 0 radical (unpaired) electrons. The number of carbonyl (C=O) groups excluding carboxylic acids is 2. The van der Waals surface area contributed by atoms with Crippen LogP contribution in [0.4, 0.5) is 18.0 Å². The molecular weight excluding hydrogens is 401 g/mol. The molecule has 1 aromatic heterocycles. The van der Waals surface area contributed by atoms with Crippen LogP contribution in [-0.2, 0) is 15.7 Å². The first kappa shape index (κ1) is 20.1. The van der Waals surface area contributed by atoms with Gasteiger partial charge in [0.15, 0.2) is 5.69 Å². The summed E-state index contributed by atoms with van der Waals surface area (Å²) in [5, 5.41) is 2.65. The minimum atomic E-state index is -4.51. The van der Waals surface area contributed by atoms with Gasteiger partial charge in [0, 0.05) is 31.0 Å². The summed E-state index contributed by atoms with van der Waals surface area (Å²) in [7, 11) is 0. The monoisotopic (exact) mass is 420 g/mol. The van der Waals surface area contributed by atoms with Crippen LogP contribution in [0, 0.1) is 0 Å². The van der Waals surface area contributed by atoms with Crippen molar-refractivity contribution in [2.24, 2.45) is 0 Å². The number of rotatable bonds is 5. The molecule has 1 N–H and O–H groups in total. The lowest BCUT2D eigenvalue weighted by molar-refractivity contribution is -0.141. The van der Waals surface area contributed by atoms with Crippen molar-refractivity contribution in [1.29, 1.82) is 0 Å². The number of benzene rings is 1. The number of likely N-dealkylation sites (tertiary alicyclic amines) is 1. The lowest BCUT2D eigenvalue weighted by Gasteiger charge is -2.40. The maximum Gasteiger partial charge on any atom is 0.434 e. The highest BCUT2D eigenvalue weighted by Gasteiger charge is 2.33. The zero-order chi connectivity index (χ0) is 21.3. The molecule has 2 aliphatic heterocycles. The van der Waals surface area contributed by atoms with Gasteiger partial charge < -0.3 is 15.0 Å². The van der Waals surface area contributed by atoms with E-state index in [1.807, 2.05) is 12.1 Å². The summed E-state index contributed by atoms with van der Waals surface area (Å²) in [6, 6.07) is 7.26. The first-order valence-electron chi connectivity index (χ1n) is 9.50. The maximum atomic E-state index is 12.6. The summed E-state index contributed by atoms with van der Waals surface area (Å²) < 4.78 is 42.6. The molecule has 2 aromatic rings.